The molecule has 0 radical (unpaired) electrons. The molecule has 0 atom stereocenters. The van der Waals surface area contributed by atoms with Gasteiger partial charge in [-0.15, -0.1) is 0 Å². The van der Waals surface area contributed by atoms with Crippen LogP contribution in [0.3, 0.4) is 0 Å². The van der Waals surface area contributed by atoms with Gasteiger partial charge in [-0.3, -0.25) is 4.79 Å². The number of halogens is 1. The van der Waals surface area contributed by atoms with E-state index in [-0.39, 0.29) is 11.7 Å². The van der Waals surface area contributed by atoms with Crippen LogP contribution in [0.15, 0.2) is 30.6 Å². The number of imidazole rings is 1. The molecule has 0 spiro atoms. The fourth-order valence-corrected chi connectivity index (χ4v) is 2.16. The predicted molar refractivity (Wildman–Crippen MR) is 79.6 cm³/mol. The second-order valence-corrected chi connectivity index (χ2v) is 5.25. The minimum absolute atomic E-state index is 0.159. The van der Waals surface area contributed by atoms with E-state index in [4.69, 9.17) is 0 Å². The minimum atomic E-state index is -0.345. The highest BCUT2D eigenvalue weighted by molar-refractivity contribution is 5.94. The molecule has 1 heterocycles. The van der Waals surface area contributed by atoms with Gasteiger partial charge in [-0.05, 0) is 31.0 Å². The summed E-state index contributed by atoms with van der Waals surface area (Å²) in [4.78, 5) is 18.1. The van der Waals surface area contributed by atoms with Crippen molar-refractivity contribution in [3.8, 4) is 0 Å². The van der Waals surface area contributed by atoms with Crippen molar-refractivity contribution in [2.24, 2.45) is 7.05 Å². The number of aromatic nitrogens is 2. The van der Waals surface area contributed by atoms with E-state index in [2.05, 4.69) is 4.98 Å². The lowest BCUT2D eigenvalue weighted by Gasteiger charge is -2.17. The molecule has 21 heavy (non-hydrogen) atoms. The number of nitrogens with zero attached hydrogens (tertiary/aromatic N) is 3. The Morgan fingerprint density at radius 1 is 1.43 bits per heavy atom. The van der Waals surface area contributed by atoms with Crippen LogP contribution in [0, 0.1) is 12.7 Å². The van der Waals surface area contributed by atoms with Crippen LogP contribution in [0.25, 0.3) is 0 Å². The highest BCUT2D eigenvalue weighted by Gasteiger charge is 2.13. The van der Waals surface area contributed by atoms with Crippen LogP contribution in [0.2, 0.25) is 0 Å². The summed E-state index contributed by atoms with van der Waals surface area (Å²) in [6.07, 6.45) is 5.30. The van der Waals surface area contributed by atoms with E-state index in [1.165, 1.54) is 6.07 Å². The molecule has 1 amide bonds. The highest BCUT2D eigenvalue weighted by Crippen LogP contribution is 2.11. The maximum Gasteiger partial charge on any atom is 0.253 e. The highest BCUT2D eigenvalue weighted by atomic mass is 19.1. The van der Waals surface area contributed by atoms with Crippen LogP contribution in [0.4, 0.5) is 4.39 Å². The Kier molecular flexibility index (Phi) is 4.73. The van der Waals surface area contributed by atoms with Gasteiger partial charge < -0.3 is 9.47 Å². The second-order valence-electron chi connectivity index (χ2n) is 5.25. The van der Waals surface area contributed by atoms with E-state index in [0.717, 1.165) is 18.7 Å². The quantitative estimate of drug-likeness (QED) is 0.848. The lowest BCUT2D eigenvalue weighted by Crippen LogP contribution is -2.28. The summed E-state index contributed by atoms with van der Waals surface area (Å²) < 4.78 is 15.5. The van der Waals surface area contributed by atoms with Gasteiger partial charge in [-0.25, -0.2) is 9.37 Å². The first kappa shape index (κ1) is 15.2. The molecule has 0 aliphatic rings. The first-order valence-electron chi connectivity index (χ1n) is 6.97. The third kappa shape index (κ3) is 3.68. The fourth-order valence-electron chi connectivity index (χ4n) is 2.16. The van der Waals surface area contributed by atoms with Gasteiger partial charge in [0.1, 0.15) is 11.6 Å². The Hall–Kier alpha value is -2.17. The Labute approximate surface area is 124 Å². The summed E-state index contributed by atoms with van der Waals surface area (Å²) in [5.74, 6) is 0.494. The summed E-state index contributed by atoms with van der Waals surface area (Å²) in [5, 5.41) is 0. The van der Waals surface area contributed by atoms with E-state index in [1.54, 1.807) is 37.2 Å². The van der Waals surface area contributed by atoms with Crippen LogP contribution in [0.1, 0.15) is 28.2 Å². The largest absolute Gasteiger partial charge is 0.342 e. The summed E-state index contributed by atoms with van der Waals surface area (Å²) in [6, 6.07) is 4.59. The summed E-state index contributed by atoms with van der Waals surface area (Å²) in [7, 11) is 3.69. The number of hydrogen-bond acceptors (Lipinski definition) is 2. The Balaban J connectivity index is 1.90. The van der Waals surface area contributed by atoms with Gasteiger partial charge in [0.25, 0.3) is 5.91 Å². The molecule has 5 heteroatoms. The monoisotopic (exact) mass is 289 g/mol. The fraction of sp³-hybridized carbons (Fsp3) is 0.375. The van der Waals surface area contributed by atoms with Gasteiger partial charge in [0, 0.05) is 45.0 Å². The molecule has 0 saturated heterocycles. The van der Waals surface area contributed by atoms with Crippen molar-refractivity contribution in [3.63, 3.8) is 0 Å². The number of benzene rings is 1. The molecule has 2 rings (SSSR count). The number of amides is 1. The van der Waals surface area contributed by atoms with Gasteiger partial charge in [0.2, 0.25) is 0 Å². The van der Waals surface area contributed by atoms with Crippen molar-refractivity contribution in [2.45, 2.75) is 19.8 Å². The van der Waals surface area contributed by atoms with E-state index in [0.29, 0.717) is 17.7 Å². The van der Waals surface area contributed by atoms with Crippen molar-refractivity contribution in [3.05, 3.63) is 53.4 Å². The maximum absolute atomic E-state index is 13.5. The average Bonchev–Trinajstić information content (AvgIpc) is 2.86. The van der Waals surface area contributed by atoms with E-state index < -0.39 is 0 Å². The van der Waals surface area contributed by atoms with Crippen LogP contribution in [0.5, 0.6) is 0 Å². The number of hydrogen-bond donors (Lipinski definition) is 0. The maximum atomic E-state index is 13.5. The molecule has 1 aromatic carbocycles. The molecule has 0 unspecified atom stereocenters. The number of rotatable bonds is 5. The van der Waals surface area contributed by atoms with Gasteiger partial charge >= 0.3 is 0 Å². The number of carbonyl (C=O) groups excluding carboxylic acids is 1. The standard InChI is InChI=1S/C16H20FN3O/c1-12-6-7-13(11-14(12)17)16(21)20(3)9-4-5-15-18-8-10-19(15)2/h6-8,10-11H,4-5,9H2,1-3H3. The lowest BCUT2D eigenvalue weighted by atomic mass is 10.1. The van der Waals surface area contributed by atoms with Gasteiger partial charge in [-0.2, -0.15) is 0 Å². The summed E-state index contributed by atoms with van der Waals surface area (Å²) in [6.45, 7) is 2.29. The normalized spacial score (nSPS) is 10.7. The van der Waals surface area contributed by atoms with Crippen molar-refractivity contribution in [1.82, 2.24) is 14.5 Å². The molecule has 112 valence electrons. The smallest absolute Gasteiger partial charge is 0.253 e. The topological polar surface area (TPSA) is 38.1 Å². The van der Waals surface area contributed by atoms with Crippen molar-refractivity contribution >= 4 is 5.91 Å². The molecule has 4 nitrogen and oxygen atoms in total. The molecule has 0 bridgehead atoms. The molecule has 1 aromatic heterocycles. The third-order valence-corrected chi connectivity index (χ3v) is 3.58. The summed E-state index contributed by atoms with van der Waals surface area (Å²) >= 11 is 0. The van der Waals surface area contributed by atoms with E-state index >= 15 is 0 Å². The second kappa shape index (κ2) is 6.52. The molecule has 0 N–H and O–H groups in total. The van der Waals surface area contributed by atoms with Gasteiger partial charge in [0.15, 0.2) is 0 Å². The first-order chi connectivity index (χ1) is 9.99. The molecule has 2 aromatic rings. The van der Waals surface area contributed by atoms with Crippen LogP contribution in [-0.2, 0) is 13.5 Å². The molecule has 0 aliphatic heterocycles. The zero-order valence-corrected chi connectivity index (χ0v) is 12.6. The Morgan fingerprint density at radius 3 is 2.81 bits per heavy atom. The Morgan fingerprint density at radius 2 is 2.19 bits per heavy atom. The zero-order chi connectivity index (χ0) is 15.4. The number of carbonyl (C=O) groups is 1. The Bertz CT molecular complexity index is 636. The molecular formula is C16H20FN3O. The molecule has 0 aliphatic carbocycles. The van der Waals surface area contributed by atoms with Crippen molar-refractivity contribution in [1.29, 1.82) is 0 Å². The predicted octanol–water partition coefficient (Wildman–Crippen LogP) is 2.57. The SMILES string of the molecule is Cc1ccc(C(=O)N(C)CCCc2nccn2C)cc1F. The van der Waals surface area contributed by atoms with Crippen molar-refractivity contribution in [2.75, 3.05) is 13.6 Å². The lowest BCUT2D eigenvalue weighted by molar-refractivity contribution is 0.0793. The van der Waals surface area contributed by atoms with Crippen LogP contribution >= 0.6 is 0 Å². The zero-order valence-electron chi connectivity index (χ0n) is 12.6. The molecule has 0 saturated carbocycles. The van der Waals surface area contributed by atoms with Gasteiger partial charge in [0.05, 0.1) is 0 Å². The molecule has 0 fully saturated rings. The number of aryl methyl sites for hydroxylation is 3. The third-order valence-electron chi connectivity index (χ3n) is 3.58. The van der Waals surface area contributed by atoms with Crippen LogP contribution < -0.4 is 0 Å². The van der Waals surface area contributed by atoms with E-state index in [9.17, 15) is 9.18 Å². The van der Waals surface area contributed by atoms with Crippen LogP contribution in [-0.4, -0.2) is 34.0 Å². The first-order valence-corrected chi connectivity index (χ1v) is 6.97. The summed E-state index contributed by atoms with van der Waals surface area (Å²) in [5.41, 5.74) is 0.932. The van der Waals surface area contributed by atoms with E-state index in [1.807, 2.05) is 17.8 Å². The van der Waals surface area contributed by atoms with Crippen molar-refractivity contribution < 1.29 is 9.18 Å². The minimum Gasteiger partial charge on any atom is -0.342 e. The van der Waals surface area contributed by atoms with Gasteiger partial charge in [-0.1, -0.05) is 6.07 Å². The molecular weight excluding hydrogens is 269 g/mol. The average molecular weight is 289 g/mol.